The van der Waals surface area contributed by atoms with Crippen molar-refractivity contribution >= 4 is 0 Å². The fourth-order valence-corrected chi connectivity index (χ4v) is 17.9. The molecule has 16 atom stereocenters. The van der Waals surface area contributed by atoms with Crippen molar-refractivity contribution in [1.82, 2.24) is 0 Å². The average molecular weight is 926 g/mol. The Hall–Kier alpha value is -0.680. The highest BCUT2D eigenvalue weighted by Crippen LogP contribution is 2.69. The summed E-state index contributed by atoms with van der Waals surface area (Å²) in [5, 5.41) is 24.4. The first-order valence-electron chi connectivity index (χ1n) is 27.8. The van der Waals surface area contributed by atoms with Gasteiger partial charge in [-0.05, 0) is 201 Å². The van der Waals surface area contributed by atoms with E-state index in [4.69, 9.17) is 20.1 Å². The Balaban J connectivity index is 0.000000312. The van der Waals surface area contributed by atoms with E-state index < -0.39 is 0 Å². The van der Waals surface area contributed by atoms with Gasteiger partial charge in [0.15, 0.2) is 0 Å². The maximum Gasteiger partial charge on any atom is 0.0701 e. The van der Waals surface area contributed by atoms with Crippen LogP contribution >= 0.6 is 0 Å². The third-order valence-electron chi connectivity index (χ3n) is 21.4. The zero-order chi connectivity index (χ0) is 45.7. The number of ether oxygens (including phenoxy) is 1. The minimum Gasteiger partial charge on any atom is -0.394 e. The first kappa shape index (κ1) is 59.6. The monoisotopic (exact) mass is 925 g/mol. The van der Waals surface area contributed by atoms with Gasteiger partial charge in [-0.2, -0.15) is 0 Å². The van der Waals surface area contributed by atoms with Crippen LogP contribution in [0.1, 0.15) is 240 Å². The molecule has 388 valence electrons. The second-order valence-corrected chi connectivity index (χ2v) is 25.8. The number of hydrogen-bond donors (Lipinski definition) is 3. The number of allylic oxidation sites excluding steroid dienone is 3. The van der Waals surface area contributed by atoms with Gasteiger partial charge in [-0.1, -0.05) is 160 Å². The van der Waals surface area contributed by atoms with Gasteiger partial charge >= 0.3 is 0 Å². The average Bonchev–Trinajstić information content (AvgIpc) is 3.80. The molecule has 0 bridgehead atoms. The molecule has 4 nitrogen and oxygen atoms in total. The number of rotatable bonds is 14. The number of fused-ring (bicyclic) bond motifs is 10. The summed E-state index contributed by atoms with van der Waals surface area (Å²) in [4.78, 5) is 0. The van der Waals surface area contributed by atoms with Crippen LogP contribution in [0, 0.1) is 98.6 Å². The van der Waals surface area contributed by atoms with Gasteiger partial charge in [0.2, 0.25) is 0 Å². The third kappa shape index (κ3) is 12.5. The van der Waals surface area contributed by atoms with Crippen molar-refractivity contribution in [2.24, 2.45) is 98.6 Å². The van der Waals surface area contributed by atoms with Crippen LogP contribution in [0.3, 0.4) is 0 Å². The van der Waals surface area contributed by atoms with Crippen molar-refractivity contribution in [3.05, 3.63) is 23.3 Å². The van der Waals surface area contributed by atoms with Gasteiger partial charge in [0.25, 0.3) is 0 Å². The van der Waals surface area contributed by atoms with E-state index in [2.05, 4.69) is 88.3 Å². The van der Waals surface area contributed by atoms with E-state index in [-0.39, 0.29) is 42.1 Å². The fourth-order valence-electron chi connectivity index (χ4n) is 17.9. The molecule has 0 aromatic rings. The summed E-state index contributed by atoms with van der Waals surface area (Å²) in [7, 11) is 0. The van der Waals surface area contributed by atoms with E-state index >= 15 is 0 Å². The van der Waals surface area contributed by atoms with Gasteiger partial charge in [0.1, 0.15) is 0 Å². The van der Waals surface area contributed by atoms with E-state index in [0.29, 0.717) is 34.4 Å². The lowest BCUT2D eigenvalue weighted by atomic mass is 9.46. The van der Waals surface area contributed by atoms with Crippen LogP contribution in [-0.2, 0) is 4.74 Å². The molecule has 8 aliphatic carbocycles. The molecule has 0 heterocycles. The summed E-state index contributed by atoms with van der Waals surface area (Å²) in [5.41, 5.74) is 5.75. The fraction of sp³-hybridized carbons (Fsp3) is 0.935. The van der Waals surface area contributed by atoms with Crippen molar-refractivity contribution in [3.8, 4) is 0 Å². The predicted molar refractivity (Wildman–Crippen MR) is 286 cm³/mol. The Labute approximate surface area is 412 Å². The topological polar surface area (TPSA) is 69.9 Å². The van der Waals surface area contributed by atoms with Crippen molar-refractivity contribution < 1.29 is 20.1 Å². The van der Waals surface area contributed by atoms with E-state index in [1.807, 2.05) is 5.57 Å². The second-order valence-electron chi connectivity index (χ2n) is 25.8. The summed E-state index contributed by atoms with van der Waals surface area (Å²) in [6.45, 7) is 28.3. The Morgan fingerprint density at radius 1 is 0.530 bits per heavy atom. The zero-order valence-corrected chi connectivity index (χ0v) is 43.4. The molecule has 0 aliphatic heterocycles. The lowest BCUT2D eigenvalue weighted by molar-refractivity contribution is -0.0658. The SMILES string of the molecule is C.C.C.CC(C)CCC[C@@H](C)[C@H]1CC[C@H]2[C@@H]3CC=C4C[C@@H](C)CC[C@]4(C)[C@H]3CC[C@]12C.CC(C)CCC[C@@H](C)[C@H]1CC[C@H]2[C@@H]3CC=C4C[C@@H](OCCO)CC[C@]4(C)[C@H]3CC[C@]12C.OCCO. The number of hydrogen-bond acceptors (Lipinski definition) is 4. The van der Waals surface area contributed by atoms with Gasteiger partial charge in [0.05, 0.1) is 32.5 Å². The molecule has 8 aliphatic rings. The minimum absolute atomic E-state index is 0. The van der Waals surface area contributed by atoms with E-state index in [0.717, 1.165) is 83.4 Å². The summed E-state index contributed by atoms with van der Waals surface area (Å²) >= 11 is 0. The maximum atomic E-state index is 9.14. The van der Waals surface area contributed by atoms with Crippen molar-refractivity contribution in [2.45, 2.75) is 246 Å². The van der Waals surface area contributed by atoms with Gasteiger partial charge in [-0.3, -0.25) is 0 Å². The van der Waals surface area contributed by atoms with Crippen molar-refractivity contribution in [3.63, 3.8) is 0 Å². The molecule has 0 amide bonds. The van der Waals surface area contributed by atoms with E-state index in [1.165, 1.54) is 135 Å². The molecule has 8 rings (SSSR count). The molecule has 0 aromatic carbocycles. The van der Waals surface area contributed by atoms with Crippen molar-refractivity contribution in [1.29, 1.82) is 0 Å². The molecule has 66 heavy (non-hydrogen) atoms. The largest absolute Gasteiger partial charge is 0.394 e. The number of aliphatic hydroxyl groups excluding tert-OH is 3. The standard InChI is InChI=1S/C29H50O2.C28H48.C2H6O2.3CH4/c1-20(2)7-6-8-21(3)25-11-12-26-24-10-9-22-19-23(31-18-17-30)13-15-28(22,4)27(24)14-16-29(25,26)5;1-19(2)8-7-9-21(4)24-12-13-25-23-11-10-22-18-20(3)14-16-27(22,5)26(23)15-17-28(24,25)6;3-1-2-4;;;/h9,20-21,23-27,30H,6-8,10-19H2,1-5H3;10,19-21,23-26H,7-9,11-18H2,1-6H3;3-4H,1-2H2;3*1H4/t21-,23+,24+,25-,26+,27+,28+,29-;20-,21+,23-,24+,25-,26-,27-,28+;;;;/m10..../s1. The van der Waals surface area contributed by atoms with Crippen LogP contribution in [0.15, 0.2) is 23.3 Å². The van der Waals surface area contributed by atoms with Gasteiger partial charge < -0.3 is 20.1 Å². The molecular weight excluding hydrogens is 809 g/mol. The number of aliphatic hydroxyl groups is 3. The summed E-state index contributed by atoms with van der Waals surface area (Å²) in [5.74, 6) is 12.2. The van der Waals surface area contributed by atoms with Crippen LogP contribution in [0.2, 0.25) is 0 Å². The Bertz CT molecular complexity index is 1480. The second kappa shape index (κ2) is 25.6. The first-order valence-corrected chi connectivity index (χ1v) is 27.8. The molecular formula is C62H116O4. The Morgan fingerprint density at radius 2 is 0.970 bits per heavy atom. The summed E-state index contributed by atoms with van der Waals surface area (Å²) < 4.78 is 5.94. The molecule has 4 heteroatoms. The van der Waals surface area contributed by atoms with Crippen LogP contribution in [-0.4, -0.2) is 47.9 Å². The van der Waals surface area contributed by atoms with Gasteiger partial charge in [-0.25, -0.2) is 0 Å². The normalized spacial score (nSPS) is 40.5. The molecule has 6 fully saturated rings. The molecule has 0 radical (unpaired) electrons. The molecule has 0 aromatic heterocycles. The van der Waals surface area contributed by atoms with E-state index in [9.17, 15) is 0 Å². The Morgan fingerprint density at radius 3 is 1.39 bits per heavy atom. The van der Waals surface area contributed by atoms with Crippen LogP contribution < -0.4 is 0 Å². The van der Waals surface area contributed by atoms with Gasteiger partial charge in [-0.15, -0.1) is 0 Å². The molecule has 6 saturated carbocycles. The van der Waals surface area contributed by atoms with Crippen molar-refractivity contribution in [2.75, 3.05) is 26.4 Å². The quantitative estimate of drug-likeness (QED) is 0.152. The predicted octanol–water partition coefficient (Wildman–Crippen LogP) is 16.9. The highest BCUT2D eigenvalue weighted by molar-refractivity contribution is 5.27. The van der Waals surface area contributed by atoms with Crippen LogP contribution in [0.4, 0.5) is 0 Å². The molecule has 0 saturated heterocycles. The Kier molecular flexibility index (Phi) is 23.2. The van der Waals surface area contributed by atoms with E-state index in [1.54, 1.807) is 5.57 Å². The maximum absolute atomic E-state index is 9.14. The summed E-state index contributed by atoms with van der Waals surface area (Å²) in [6.07, 6.45) is 37.0. The zero-order valence-electron chi connectivity index (χ0n) is 43.4. The van der Waals surface area contributed by atoms with Crippen LogP contribution in [0.5, 0.6) is 0 Å². The molecule has 3 N–H and O–H groups in total. The summed E-state index contributed by atoms with van der Waals surface area (Å²) in [6, 6.07) is 0. The lowest BCUT2D eigenvalue weighted by Gasteiger charge is -2.58. The first-order chi connectivity index (χ1) is 30.0. The molecule has 0 unspecified atom stereocenters. The highest BCUT2D eigenvalue weighted by atomic mass is 16.5. The molecule has 0 spiro atoms. The smallest absolute Gasteiger partial charge is 0.0701 e. The highest BCUT2D eigenvalue weighted by Gasteiger charge is 2.60. The van der Waals surface area contributed by atoms with Gasteiger partial charge in [0, 0.05) is 0 Å². The third-order valence-corrected chi connectivity index (χ3v) is 21.4. The lowest BCUT2D eigenvalue weighted by Crippen LogP contribution is -2.51. The minimum atomic E-state index is -0.125. The van der Waals surface area contributed by atoms with Crippen LogP contribution in [0.25, 0.3) is 0 Å².